The highest BCUT2D eigenvalue weighted by Crippen LogP contribution is 2.42. The highest BCUT2D eigenvalue weighted by Gasteiger charge is 2.25. The van der Waals surface area contributed by atoms with Gasteiger partial charge in [-0.05, 0) is 77.7 Å². The average molecular weight is 615 g/mol. The largest absolute Gasteiger partial charge is 0.468 e. The third kappa shape index (κ3) is 4.42. The van der Waals surface area contributed by atoms with Crippen molar-refractivity contribution in [2.24, 2.45) is 0 Å². The molecule has 0 bridgehead atoms. The van der Waals surface area contributed by atoms with Crippen molar-refractivity contribution in [1.82, 2.24) is 18.7 Å². The molecule has 8 aromatic rings. The first-order chi connectivity index (χ1) is 22.9. The molecule has 6 heterocycles. The number of nitrogens with zero attached hydrogens (tertiary/aromatic N) is 4. The van der Waals surface area contributed by atoms with E-state index in [0.717, 1.165) is 56.4 Å². The summed E-state index contributed by atoms with van der Waals surface area (Å²) < 4.78 is 24.6. The molecule has 47 heavy (non-hydrogen) atoms. The lowest BCUT2D eigenvalue weighted by atomic mass is 9.88. The third-order valence-corrected chi connectivity index (χ3v) is 8.78. The van der Waals surface area contributed by atoms with Gasteiger partial charge in [-0.15, -0.1) is 0 Å². The lowest BCUT2D eigenvalue weighted by Crippen LogP contribution is -2.13. The zero-order valence-corrected chi connectivity index (χ0v) is 26.1. The molecule has 0 unspecified atom stereocenters. The fourth-order valence-corrected chi connectivity index (χ4v) is 6.47. The Morgan fingerprint density at radius 1 is 0.745 bits per heavy atom. The molecular formula is C40H30N4O3. The van der Waals surface area contributed by atoms with Crippen LogP contribution in [0.4, 0.5) is 11.4 Å². The van der Waals surface area contributed by atoms with E-state index >= 15 is 0 Å². The summed E-state index contributed by atoms with van der Waals surface area (Å²) in [6, 6.07) is 34.9. The van der Waals surface area contributed by atoms with Crippen LogP contribution >= 0.6 is 0 Å². The van der Waals surface area contributed by atoms with Crippen LogP contribution in [0, 0.1) is 0 Å². The van der Waals surface area contributed by atoms with E-state index in [0.29, 0.717) is 11.5 Å². The number of ether oxygens (including phenoxy) is 1. The van der Waals surface area contributed by atoms with Gasteiger partial charge in [-0.3, -0.25) is 13.7 Å². The minimum atomic E-state index is -0.00193. The van der Waals surface area contributed by atoms with Crippen LogP contribution in [0.3, 0.4) is 0 Å². The Hall–Kier alpha value is -6.08. The Labute approximate surface area is 271 Å². The molecule has 0 amide bonds. The van der Waals surface area contributed by atoms with Crippen LogP contribution < -0.4 is 9.31 Å². The van der Waals surface area contributed by atoms with Gasteiger partial charge >= 0.3 is 0 Å². The first-order valence-electron chi connectivity index (χ1n) is 15.6. The van der Waals surface area contributed by atoms with Crippen LogP contribution in [0.25, 0.3) is 50.4 Å². The van der Waals surface area contributed by atoms with Crippen molar-refractivity contribution < 1.29 is 13.6 Å². The minimum absolute atomic E-state index is 0.00193. The van der Waals surface area contributed by atoms with Crippen molar-refractivity contribution >= 4 is 39.5 Å². The summed E-state index contributed by atoms with van der Waals surface area (Å²) in [5.74, 6) is 3.76. The van der Waals surface area contributed by atoms with Gasteiger partial charge in [-0.25, -0.2) is 4.98 Å². The average Bonchev–Trinajstić information content (AvgIpc) is 3.88. The van der Waals surface area contributed by atoms with E-state index in [-0.39, 0.29) is 5.41 Å². The number of para-hydroxylation sites is 1. The highest BCUT2D eigenvalue weighted by molar-refractivity contribution is 6.09. The summed E-state index contributed by atoms with van der Waals surface area (Å²) in [6.07, 6.45) is 10.7. The summed E-state index contributed by atoms with van der Waals surface area (Å²) in [5.41, 5.74) is 6.85. The van der Waals surface area contributed by atoms with Gasteiger partial charge in [0.15, 0.2) is 11.5 Å². The van der Waals surface area contributed by atoms with Crippen LogP contribution in [0.2, 0.25) is 0 Å². The predicted octanol–water partition coefficient (Wildman–Crippen LogP) is 10.2. The van der Waals surface area contributed by atoms with Crippen molar-refractivity contribution in [3.05, 3.63) is 134 Å². The Kier molecular flexibility index (Phi) is 5.93. The number of benzene rings is 3. The molecule has 0 atom stereocenters. The van der Waals surface area contributed by atoms with Gasteiger partial charge in [0.05, 0.1) is 34.8 Å². The Balaban J connectivity index is 1.14. The fraction of sp³-hybridized carbons (Fsp3) is 0.100. The summed E-state index contributed by atoms with van der Waals surface area (Å²) in [7, 11) is 0. The van der Waals surface area contributed by atoms with Crippen LogP contribution in [-0.2, 0) is 5.41 Å². The topological polar surface area (TPSA) is 61.3 Å². The Bertz CT molecular complexity index is 2500. The van der Waals surface area contributed by atoms with Gasteiger partial charge in [0.1, 0.15) is 28.7 Å². The van der Waals surface area contributed by atoms with Crippen LogP contribution in [0.5, 0.6) is 11.5 Å². The number of aromatic nitrogens is 3. The molecule has 1 aliphatic heterocycles. The molecule has 0 aliphatic carbocycles. The van der Waals surface area contributed by atoms with Gasteiger partial charge in [-0.2, -0.15) is 0 Å². The molecular weight excluding hydrogens is 584 g/mol. The van der Waals surface area contributed by atoms with E-state index in [1.807, 2.05) is 76.1 Å². The van der Waals surface area contributed by atoms with Crippen molar-refractivity contribution in [3.63, 3.8) is 0 Å². The van der Waals surface area contributed by atoms with Crippen LogP contribution in [0.15, 0.2) is 137 Å². The molecule has 7 heteroatoms. The smallest absolute Gasteiger partial charge is 0.270 e. The molecule has 0 fully saturated rings. The van der Waals surface area contributed by atoms with Crippen LogP contribution in [-0.4, -0.2) is 20.5 Å². The lowest BCUT2D eigenvalue weighted by Gasteiger charge is -2.20. The Morgan fingerprint density at radius 3 is 2.49 bits per heavy atom. The van der Waals surface area contributed by atoms with Crippen molar-refractivity contribution in [2.45, 2.75) is 26.2 Å². The molecule has 3 aromatic carbocycles. The molecule has 0 saturated heterocycles. The fourth-order valence-electron chi connectivity index (χ4n) is 6.47. The molecule has 1 aliphatic rings. The molecule has 0 saturated carbocycles. The second-order valence-corrected chi connectivity index (χ2v) is 12.8. The first kappa shape index (κ1) is 27.2. The van der Waals surface area contributed by atoms with Gasteiger partial charge in [0, 0.05) is 29.2 Å². The maximum Gasteiger partial charge on any atom is 0.270 e. The molecule has 7 nitrogen and oxygen atoms in total. The molecule has 228 valence electrons. The first-order valence-corrected chi connectivity index (χ1v) is 15.6. The van der Waals surface area contributed by atoms with Gasteiger partial charge in [-0.1, -0.05) is 51.1 Å². The SMILES string of the molecule is CC(C)(C)c1ccnc(-n2c3ccccc3c3ccc(Oc4cccc([N+]5=[C-]n6cccc6-c6occc6-c6occc65)c4)cc32)c1. The second kappa shape index (κ2) is 10.2. The minimum Gasteiger partial charge on any atom is -0.468 e. The normalized spacial score (nSPS) is 12.7. The monoisotopic (exact) mass is 614 g/mol. The van der Waals surface area contributed by atoms with E-state index in [9.17, 15) is 0 Å². The standard InChI is InChI=1S/C40H30N4O3/c1-40(2,3)26-15-18-41-37(22-26)44-33-11-5-4-10-30(33)31-14-13-29(24-36(31)44)47-28-9-6-8-27(23-28)43-25-42-19-7-12-34(42)38-32(16-20-45-38)39-35(43)17-21-46-39/h4-24H,1-3H3. The van der Waals surface area contributed by atoms with Crippen molar-refractivity contribution in [2.75, 3.05) is 0 Å². The number of rotatable bonds is 4. The van der Waals surface area contributed by atoms with Crippen LogP contribution in [0.1, 0.15) is 26.3 Å². The number of fused-ring (bicyclic) bond motifs is 8. The van der Waals surface area contributed by atoms with Crippen molar-refractivity contribution in [1.29, 1.82) is 0 Å². The summed E-state index contributed by atoms with van der Waals surface area (Å²) in [4.78, 5) is 4.82. The molecule has 5 aromatic heterocycles. The molecule has 0 spiro atoms. The lowest BCUT2D eigenvalue weighted by molar-refractivity contribution is 0.483. The summed E-state index contributed by atoms with van der Waals surface area (Å²) >= 11 is 0. The quantitative estimate of drug-likeness (QED) is 0.146. The summed E-state index contributed by atoms with van der Waals surface area (Å²) in [5, 5.41) is 2.31. The van der Waals surface area contributed by atoms with Gasteiger partial charge in [0.2, 0.25) is 0 Å². The van der Waals surface area contributed by atoms with E-state index in [4.69, 9.17) is 18.6 Å². The summed E-state index contributed by atoms with van der Waals surface area (Å²) in [6.45, 7) is 6.67. The number of pyridine rings is 1. The zero-order valence-electron chi connectivity index (χ0n) is 26.1. The molecule has 0 radical (unpaired) electrons. The van der Waals surface area contributed by atoms with E-state index < -0.39 is 0 Å². The number of furan rings is 2. The van der Waals surface area contributed by atoms with Gasteiger partial charge in [0.25, 0.3) is 6.34 Å². The zero-order chi connectivity index (χ0) is 31.7. The predicted molar refractivity (Wildman–Crippen MR) is 185 cm³/mol. The highest BCUT2D eigenvalue weighted by atomic mass is 16.5. The van der Waals surface area contributed by atoms with E-state index in [1.54, 1.807) is 12.5 Å². The third-order valence-electron chi connectivity index (χ3n) is 8.78. The maximum atomic E-state index is 6.57. The van der Waals surface area contributed by atoms with Crippen molar-refractivity contribution in [3.8, 4) is 40.1 Å². The maximum absolute atomic E-state index is 6.57. The number of hydrogen-bond donors (Lipinski definition) is 0. The molecule has 0 N–H and O–H groups in total. The molecule has 9 rings (SSSR count). The Morgan fingerprint density at radius 2 is 1.57 bits per heavy atom. The van der Waals surface area contributed by atoms with Gasteiger partial charge < -0.3 is 13.6 Å². The second-order valence-electron chi connectivity index (χ2n) is 12.8. The van der Waals surface area contributed by atoms with E-state index in [2.05, 4.69) is 80.2 Å². The van der Waals surface area contributed by atoms with E-state index in [1.165, 1.54) is 10.9 Å². The number of hydrogen-bond acceptors (Lipinski definition) is 4.